The fraction of sp³-hybridized carbons (Fsp3) is 0.0769. The van der Waals surface area contributed by atoms with Gasteiger partial charge in [0.15, 0.2) is 0 Å². The second kappa shape index (κ2) is 9.58. The standard InChI is InChI=1S/C26H21BrN2O2/c27-17-16-23-19-28(26(31)29(25(23)30)18-20-10-4-1-5-11-20)24(21-12-6-2-7-13-21)22-14-8-3-9-15-22/h1-17,19,24H,18H2. The Bertz CT molecular complexity index is 1250. The highest BCUT2D eigenvalue weighted by Crippen LogP contribution is 2.25. The summed E-state index contributed by atoms with van der Waals surface area (Å²) < 4.78 is 2.95. The average Bonchev–Trinajstić information content (AvgIpc) is 2.82. The molecule has 0 N–H and O–H groups in total. The van der Waals surface area contributed by atoms with E-state index in [0.717, 1.165) is 16.7 Å². The molecule has 0 aliphatic rings. The van der Waals surface area contributed by atoms with Gasteiger partial charge in [-0.05, 0) is 27.8 Å². The van der Waals surface area contributed by atoms with Crippen LogP contribution < -0.4 is 11.2 Å². The van der Waals surface area contributed by atoms with Crippen LogP contribution in [0.2, 0.25) is 0 Å². The number of hydrogen-bond donors (Lipinski definition) is 0. The monoisotopic (exact) mass is 472 g/mol. The summed E-state index contributed by atoms with van der Waals surface area (Å²) in [5.41, 5.74) is 2.59. The van der Waals surface area contributed by atoms with Crippen LogP contribution in [-0.4, -0.2) is 9.13 Å². The van der Waals surface area contributed by atoms with E-state index in [1.807, 2.05) is 91.0 Å². The summed E-state index contributed by atoms with van der Waals surface area (Å²) in [4.78, 5) is 28.4. The molecule has 1 heterocycles. The van der Waals surface area contributed by atoms with E-state index in [1.165, 1.54) is 4.57 Å². The Morgan fingerprint density at radius 2 is 1.29 bits per heavy atom. The molecule has 0 spiro atoms. The summed E-state index contributed by atoms with van der Waals surface area (Å²) in [6.45, 7) is 0.207. The molecule has 0 amide bonds. The van der Waals surface area contributed by atoms with Crippen molar-refractivity contribution in [3.05, 3.63) is 145 Å². The Morgan fingerprint density at radius 3 is 1.81 bits per heavy atom. The van der Waals surface area contributed by atoms with Crippen molar-refractivity contribution in [2.75, 3.05) is 0 Å². The van der Waals surface area contributed by atoms with Crippen LogP contribution in [0.4, 0.5) is 0 Å². The third-order valence-corrected chi connectivity index (χ3v) is 5.42. The molecule has 0 fully saturated rings. The largest absolute Gasteiger partial charge is 0.332 e. The molecule has 0 saturated carbocycles. The van der Waals surface area contributed by atoms with Crippen LogP contribution in [0.1, 0.15) is 28.3 Å². The molecule has 0 radical (unpaired) electrons. The zero-order valence-electron chi connectivity index (χ0n) is 16.8. The van der Waals surface area contributed by atoms with Gasteiger partial charge in [0.2, 0.25) is 0 Å². The Hall–Kier alpha value is -3.44. The van der Waals surface area contributed by atoms with E-state index in [0.29, 0.717) is 5.56 Å². The smallest absolute Gasteiger partial charge is 0.288 e. The van der Waals surface area contributed by atoms with Gasteiger partial charge in [-0.2, -0.15) is 0 Å². The van der Waals surface area contributed by atoms with E-state index in [2.05, 4.69) is 15.9 Å². The maximum atomic E-state index is 13.6. The maximum absolute atomic E-state index is 13.6. The molecule has 4 rings (SSSR count). The molecule has 0 aliphatic carbocycles. The first-order valence-electron chi connectivity index (χ1n) is 9.95. The van der Waals surface area contributed by atoms with E-state index in [1.54, 1.807) is 21.8 Å². The van der Waals surface area contributed by atoms with Gasteiger partial charge < -0.3 is 0 Å². The lowest BCUT2D eigenvalue weighted by Gasteiger charge is -2.23. The van der Waals surface area contributed by atoms with E-state index in [-0.39, 0.29) is 23.8 Å². The molecule has 3 aromatic carbocycles. The minimum absolute atomic E-state index is 0.207. The van der Waals surface area contributed by atoms with Crippen molar-refractivity contribution in [2.24, 2.45) is 0 Å². The summed E-state index contributed by atoms with van der Waals surface area (Å²) in [6.07, 6.45) is 3.32. The minimum atomic E-state index is -0.361. The fourth-order valence-electron chi connectivity index (χ4n) is 3.70. The highest BCUT2D eigenvalue weighted by Gasteiger charge is 2.21. The average molecular weight is 473 g/mol. The quantitative estimate of drug-likeness (QED) is 0.393. The van der Waals surface area contributed by atoms with Crippen molar-refractivity contribution in [1.29, 1.82) is 0 Å². The van der Waals surface area contributed by atoms with Crippen molar-refractivity contribution in [2.45, 2.75) is 12.6 Å². The molecule has 0 atom stereocenters. The van der Waals surface area contributed by atoms with Gasteiger partial charge in [-0.15, -0.1) is 0 Å². The van der Waals surface area contributed by atoms with Gasteiger partial charge in [0.25, 0.3) is 5.56 Å². The summed E-state index contributed by atoms with van der Waals surface area (Å²) >= 11 is 3.27. The first-order chi connectivity index (χ1) is 15.2. The van der Waals surface area contributed by atoms with Gasteiger partial charge in [0.05, 0.1) is 18.2 Å². The van der Waals surface area contributed by atoms with Crippen LogP contribution in [0.15, 0.2) is 112 Å². The highest BCUT2D eigenvalue weighted by atomic mass is 79.9. The summed E-state index contributed by atoms with van der Waals surface area (Å²) in [6, 6.07) is 28.9. The number of nitrogens with zero attached hydrogens (tertiary/aromatic N) is 2. The van der Waals surface area contributed by atoms with E-state index < -0.39 is 0 Å². The first-order valence-corrected chi connectivity index (χ1v) is 10.9. The van der Waals surface area contributed by atoms with E-state index >= 15 is 0 Å². The van der Waals surface area contributed by atoms with Crippen LogP contribution >= 0.6 is 15.9 Å². The van der Waals surface area contributed by atoms with Crippen LogP contribution in [0.3, 0.4) is 0 Å². The van der Waals surface area contributed by atoms with E-state index in [4.69, 9.17) is 0 Å². The van der Waals surface area contributed by atoms with Crippen molar-refractivity contribution < 1.29 is 0 Å². The Balaban J connectivity index is 1.97. The molecule has 4 nitrogen and oxygen atoms in total. The lowest BCUT2D eigenvalue weighted by Crippen LogP contribution is -2.42. The number of aromatic nitrogens is 2. The van der Waals surface area contributed by atoms with Gasteiger partial charge in [-0.3, -0.25) is 13.9 Å². The molecule has 4 aromatic rings. The first kappa shape index (κ1) is 20.8. The number of benzene rings is 3. The molecular weight excluding hydrogens is 452 g/mol. The van der Waals surface area contributed by atoms with Crippen molar-refractivity contribution in [3.63, 3.8) is 0 Å². The molecule has 0 bridgehead atoms. The zero-order valence-corrected chi connectivity index (χ0v) is 18.4. The van der Waals surface area contributed by atoms with Crippen LogP contribution in [-0.2, 0) is 6.54 Å². The summed E-state index contributed by atoms with van der Waals surface area (Å²) in [7, 11) is 0. The maximum Gasteiger partial charge on any atom is 0.332 e. The van der Waals surface area contributed by atoms with Crippen molar-refractivity contribution >= 4 is 22.0 Å². The fourth-order valence-corrected chi connectivity index (χ4v) is 3.98. The normalized spacial score (nSPS) is 11.3. The SMILES string of the molecule is O=c1c(C=CBr)cn(C(c2ccccc2)c2ccccc2)c(=O)n1Cc1ccccc1. The van der Waals surface area contributed by atoms with Crippen molar-refractivity contribution in [3.8, 4) is 0 Å². The third kappa shape index (κ3) is 4.52. The molecule has 0 unspecified atom stereocenters. The Labute approximate surface area is 188 Å². The van der Waals surface area contributed by atoms with Crippen LogP contribution in [0.25, 0.3) is 6.08 Å². The molecule has 1 aromatic heterocycles. The van der Waals surface area contributed by atoms with Gasteiger partial charge in [0.1, 0.15) is 0 Å². The lowest BCUT2D eigenvalue weighted by molar-refractivity contribution is 0.563. The van der Waals surface area contributed by atoms with Crippen molar-refractivity contribution in [1.82, 2.24) is 9.13 Å². The highest BCUT2D eigenvalue weighted by molar-refractivity contribution is 9.11. The number of hydrogen-bond acceptors (Lipinski definition) is 2. The molecule has 5 heteroatoms. The minimum Gasteiger partial charge on any atom is -0.288 e. The molecular formula is C26H21BrN2O2. The summed E-state index contributed by atoms with van der Waals surface area (Å²) in [5.74, 6) is 0. The predicted octanol–water partition coefficient (Wildman–Crippen LogP) is 5.06. The molecule has 154 valence electrons. The molecule has 0 saturated heterocycles. The van der Waals surface area contributed by atoms with Gasteiger partial charge in [-0.1, -0.05) is 107 Å². The molecule has 31 heavy (non-hydrogen) atoms. The van der Waals surface area contributed by atoms with Gasteiger partial charge in [-0.25, -0.2) is 4.79 Å². The predicted molar refractivity (Wildman–Crippen MR) is 129 cm³/mol. The van der Waals surface area contributed by atoms with Gasteiger partial charge in [0, 0.05) is 6.20 Å². The third-order valence-electron chi connectivity index (χ3n) is 5.16. The Morgan fingerprint density at radius 1 is 0.774 bits per heavy atom. The summed E-state index contributed by atoms with van der Waals surface area (Å²) in [5, 5.41) is 0. The van der Waals surface area contributed by atoms with Crippen LogP contribution in [0, 0.1) is 0 Å². The Kier molecular flexibility index (Phi) is 6.43. The van der Waals surface area contributed by atoms with E-state index in [9.17, 15) is 9.59 Å². The zero-order chi connectivity index (χ0) is 21.6. The topological polar surface area (TPSA) is 44.0 Å². The second-order valence-corrected chi connectivity index (χ2v) is 7.70. The van der Waals surface area contributed by atoms with Gasteiger partial charge >= 0.3 is 5.69 Å². The molecule has 0 aliphatic heterocycles. The lowest BCUT2D eigenvalue weighted by atomic mass is 9.98. The number of halogens is 1. The van der Waals surface area contributed by atoms with Crippen LogP contribution in [0.5, 0.6) is 0 Å². The second-order valence-electron chi connectivity index (χ2n) is 7.17. The number of rotatable bonds is 6.